The van der Waals surface area contributed by atoms with Crippen LogP contribution in [0, 0.1) is 5.82 Å². The van der Waals surface area contributed by atoms with Crippen LogP contribution in [0.5, 0.6) is 0 Å². The lowest BCUT2D eigenvalue weighted by Crippen LogP contribution is -2.35. The number of nitrogens with zero attached hydrogens (tertiary/aromatic N) is 3. The van der Waals surface area contributed by atoms with Gasteiger partial charge in [0.25, 0.3) is 0 Å². The minimum absolute atomic E-state index is 0.0686. The fraction of sp³-hybridized carbons (Fsp3) is 0.211. The Morgan fingerprint density at radius 3 is 2.65 bits per heavy atom. The Morgan fingerprint density at radius 2 is 1.88 bits per heavy atom. The van der Waals surface area contributed by atoms with Crippen molar-refractivity contribution in [3.8, 4) is 0 Å². The van der Waals surface area contributed by atoms with Gasteiger partial charge < -0.3 is 14.8 Å². The quantitative estimate of drug-likeness (QED) is 0.740. The monoisotopic (exact) mass is 354 g/mol. The van der Waals surface area contributed by atoms with E-state index < -0.39 is 0 Å². The second kappa shape index (κ2) is 7.77. The van der Waals surface area contributed by atoms with E-state index in [0.717, 1.165) is 11.0 Å². The molecular weight excluding hydrogens is 335 g/mol. The molecule has 0 aliphatic carbocycles. The van der Waals surface area contributed by atoms with Crippen LogP contribution in [-0.2, 0) is 16.1 Å². The molecule has 0 atom stereocenters. The first kappa shape index (κ1) is 17.6. The predicted molar refractivity (Wildman–Crippen MR) is 97.0 cm³/mol. The Hall–Kier alpha value is -3.22. The van der Waals surface area contributed by atoms with Gasteiger partial charge in [0.05, 0.1) is 23.9 Å². The molecule has 0 radical (unpaired) electrons. The molecule has 3 aromatic rings. The maximum atomic E-state index is 12.9. The van der Waals surface area contributed by atoms with Crippen LogP contribution in [0.3, 0.4) is 0 Å². The van der Waals surface area contributed by atoms with Gasteiger partial charge in [-0.25, -0.2) is 9.37 Å². The summed E-state index contributed by atoms with van der Waals surface area (Å²) in [5.41, 5.74) is 2.34. The summed E-state index contributed by atoms with van der Waals surface area (Å²) in [4.78, 5) is 29.9. The van der Waals surface area contributed by atoms with E-state index in [1.807, 2.05) is 28.8 Å². The predicted octanol–water partition coefficient (Wildman–Crippen LogP) is 2.66. The maximum absolute atomic E-state index is 12.9. The lowest BCUT2D eigenvalue weighted by molar-refractivity contribution is -0.133. The number of halogens is 1. The number of imidazole rings is 1. The molecule has 2 amide bonds. The summed E-state index contributed by atoms with van der Waals surface area (Å²) in [7, 11) is 1.58. The van der Waals surface area contributed by atoms with Crippen molar-refractivity contribution in [1.29, 1.82) is 0 Å². The van der Waals surface area contributed by atoms with Gasteiger partial charge in [0.1, 0.15) is 5.82 Å². The lowest BCUT2D eigenvalue weighted by atomic mass is 10.3. The maximum Gasteiger partial charge on any atom is 0.243 e. The number of benzene rings is 2. The van der Waals surface area contributed by atoms with Gasteiger partial charge in [-0.15, -0.1) is 0 Å². The fourth-order valence-electron chi connectivity index (χ4n) is 2.63. The normalized spacial score (nSPS) is 10.7. The van der Waals surface area contributed by atoms with Crippen molar-refractivity contribution in [1.82, 2.24) is 14.5 Å². The second-order valence-electron chi connectivity index (χ2n) is 5.98. The zero-order chi connectivity index (χ0) is 18.5. The van der Waals surface area contributed by atoms with E-state index in [1.54, 1.807) is 13.4 Å². The van der Waals surface area contributed by atoms with Gasteiger partial charge in [-0.2, -0.15) is 0 Å². The molecule has 2 aromatic carbocycles. The minimum Gasteiger partial charge on any atom is -0.336 e. The molecule has 134 valence electrons. The van der Waals surface area contributed by atoms with Gasteiger partial charge in [-0.1, -0.05) is 12.1 Å². The zero-order valence-corrected chi connectivity index (χ0v) is 14.4. The summed E-state index contributed by atoms with van der Waals surface area (Å²) >= 11 is 0. The number of hydrogen-bond acceptors (Lipinski definition) is 3. The molecule has 0 saturated heterocycles. The lowest BCUT2D eigenvalue weighted by Gasteiger charge is -2.17. The molecule has 1 N–H and O–H groups in total. The molecule has 1 aromatic heterocycles. The Bertz CT molecular complexity index is 921. The van der Waals surface area contributed by atoms with Crippen molar-refractivity contribution in [2.45, 2.75) is 13.0 Å². The van der Waals surface area contributed by atoms with Crippen LogP contribution < -0.4 is 5.32 Å². The third-order valence-corrected chi connectivity index (χ3v) is 4.03. The summed E-state index contributed by atoms with van der Waals surface area (Å²) in [5, 5.41) is 2.63. The van der Waals surface area contributed by atoms with Crippen molar-refractivity contribution in [2.75, 3.05) is 18.9 Å². The SMILES string of the molecule is CN(CC(=O)Nc1ccc(F)cc1)C(=O)CCn1cnc2ccccc21. The number of fused-ring (bicyclic) bond motifs is 1. The molecule has 0 bridgehead atoms. The highest BCUT2D eigenvalue weighted by atomic mass is 19.1. The highest BCUT2D eigenvalue weighted by Gasteiger charge is 2.14. The third-order valence-electron chi connectivity index (χ3n) is 4.03. The van der Waals surface area contributed by atoms with Crippen LogP contribution in [0.1, 0.15) is 6.42 Å². The number of para-hydroxylation sites is 2. The van der Waals surface area contributed by atoms with E-state index in [2.05, 4.69) is 10.3 Å². The van der Waals surface area contributed by atoms with Crippen LogP contribution in [0.4, 0.5) is 10.1 Å². The Morgan fingerprint density at radius 1 is 1.15 bits per heavy atom. The second-order valence-corrected chi connectivity index (χ2v) is 5.98. The number of carbonyl (C=O) groups excluding carboxylic acids is 2. The molecular formula is C19H19FN4O2. The number of aryl methyl sites for hydroxylation is 1. The van der Waals surface area contributed by atoms with Crippen molar-refractivity contribution in [3.05, 3.63) is 60.7 Å². The Labute approximate surface area is 150 Å². The van der Waals surface area contributed by atoms with Gasteiger partial charge >= 0.3 is 0 Å². The Kier molecular flexibility index (Phi) is 5.26. The van der Waals surface area contributed by atoms with Crippen molar-refractivity contribution in [2.24, 2.45) is 0 Å². The number of carbonyl (C=O) groups is 2. The van der Waals surface area contributed by atoms with E-state index in [0.29, 0.717) is 12.2 Å². The van der Waals surface area contributed by atoms with Gasteiger partial charge in [0.2, 0.25) is 11.8 Å². The van der Waals surface area contributed by atoms with Crippen LogP contribution in [0.25, 0.3) is 11.0 Å². The number of nitrogens with one attached hydrogen (secondary N) is 1. The highest BCUT2D eigenvalue weighted by molar-refractivity contribution is 5.94. The molecule has 0 saturated carbocycles. The number of anilines is 1. The standard InChI is InChI=1S/C19H19FN4O2/c1-23(12-18(25)22-15-8-6-14(20)7-9-15)19(26)10-11-24-13-21-16-4-2-3-5-17(16)24/h2-9,13H,10-12H2,1H3,(H,22,25). The van der Waals surface area contributed by atoms with E-state index in [-0.39, 0.29) is 30.6 Å². The van der Waals surface area contributed by atoms with E-state index >= 15 is 0 Å². The van der Waals surface area contributed by atoms with Crippen LogP contribution in [0.2, 0.25) is 0 Å². The molecule has 0 spiro atoms. The molecule has 0 aliphatic heterocycles. The topological polar surface area (TPSA) is 67.2 Å². The summed E-state index contributed by atoms with van der Waals surface area (Å²) in [6.07, 6.45) is 1.97. The van der Waals surface area contributed by atoms with Crippen molar-refractivity contribution in [3.63, 3.8) is 0 Å². The summed E-state index contributed by atoms with van der Waals surface area (Å²) < 4.78 is 14.8. The molecule has 6 nitrogen and oxygen atoms in total. The van der Waals surface area contributed by atoms with Crippen molar-refractivity contribution >= 4 is 28.5 Å². The first-order valence-corrected chi connectivity index (χ1v) is 8.22. The number of amides is 2. The molecule has 0 unspecified atom stereocenters. The first-order valence-electron chi connectivity index (χ1n) is 8.22. The minimum atomic E-state index is -0.373. The van der Waals surface area contributed by atoms with E-state index in [9.17, 15) is 14.0 Å². The Balaban J connectivity index is 1.51. The molecule has 0 fully saturated rings. The third kappa shape index (κ3) is 4.24. The van der Waals surface area contributed by atoms with Gasteiger partial charge in [0, 0.05) is 25.7 Å². The smallest absolute Gasteiger partial charge is 0.243 e. The molecule has 7 heteroatoms. The van der Waals surface area contributed by atoms with E-state index in [1.165, 1.54) is 29.2 Å². The first-order chi connectivity index (χ1) is 12.5. The molecule has 26 heavy (non-hydrogen) atoms. The number of rotatable bonds is 6. The number of aromatic nitrogens is 2. The highest BCUT2D eigenvalue weighted by Crippen LogP contribution is 2.12. The number of likely N-dealkylation sites (N-methyl/N-ethyl adjacent to an activating group) is 1. The zero-order valence-electron chi connectivity index (χ0n) is 14.4. The molecule has 1 heterocycles. The van der Waals surface area contributed by atoms with E-state index in [4.69, 9.17) is 0 Å². The van der Waals surface area contributed by atoms with Crippen molar-refractivity contribution < 1.29 is 14.0 Å². The van der Waals surface area contributed by atoms with Gasteiger partial charge in [-0.05, 0) is 36.4 Å². The van der Waals surface area contributed by atoms with Gasteiger partial charge in [0.15, 0.2) is 0 Å². The van der Waals surface area contributed by atoms with Crippen LogP contribution >= 0.6 is 0 Å². The van der Waals surface area contributed by atoms with Gasteiger partial charge in [-0.3, -0.25) is 9.59 Å². The molecule has 3 rings (SSSR count). The average Bonchev–Trinajstić information content (AvgIpc) is 3.04. The summed E-state index contributed by atoms with van der Waals surface area (Å²) in [6, 6.07) is 13.2. The molecule has 0 aliphatic rings. The number of hydrogen-bond donors (Lipinski definition) is 1. The summed E-state index contributed by atoms with van der Waals surface area (Å²) in [6.45, 7) is 0.421. The summed E-state index contributed by atoms with van der Waals surface area (Å²) in [5.74, 6) is -0.847. The average molecular weight is 354 g/mol. The van der Waals surface area contributed by atoms with Crippen LogP contribution in [0.15, 0.2) is 54.9 Å². The largest absolute Gasteiger partial charge is 0.336 e. The van der Waals surface area contributed by atoms with Crippen LogP contribution in [-0.4, -0.2) is 39.9 Å². The fourth-order valence-corrected chi connectivity index (χ4v) is 2.63.